The lowest BCUT2D eigenvalue weighted by molar-refractivity contribution is 0.101. The predicted octanol–water partition coefficient (Wildman–Crippen LogP) is 3.61. The van der Waals surface area contributed by atoms with Gasteiger partial charge >= 0.3 is 0 Å². The molecule has 0 bridgehead atoms. The van der Waals surface area contributed by atoms with E-state index >= 15 is 0 Å². The first kappa shape index (κ1) is 13.4. The first-order chi connectivity index (χ1) is 8.69. The molecule has 2 nitrogen and oxygen atoms in total. The van der Waals surface area contributed by atoms with Crippen molar-refractivity contribution >= 4 is 0 Å². The van der Waals surface area contributed by atoms with Crippen molar-refractivity contribution in [1.82, 2.24) is 5.32 Å². The highest BCUT2D eigenvalue weighted by molar-refractivity contribution is 5.28. The van der Waals surface area contributed by atoms with Gasteiger partial charge in [-0.1, -0.05) is 26.0 Å². The Balaban J connectivity index is 1.94. The molecule has 1 aliphatic rings. The molecule has 1 fully saturated rings. The zero-order valence-corrected chi connectivity index (χ0v) is 11.8. The Kier molecular flexibility index (Phi) is 4.65. The number of hydrogen-bond acceptors (Lipinski definition) is 2. The summed E-state index contributed by atoms with van der Waals surface area (Å²) in [6, 6.07) is 8.44. The van der Waals surface area contributed by atoms with Crippen LogP contribution in [0.5, 0.6) is 5.75 Å². The van der Waals surface area contributed by atoms with Gasteiger partial charge in [-0.15, -0.1) is 0 Å². The summed E-state index contributed by atoms with van der Waals surface area (Å²) in [6.45, 7) is 5.60. The summed E-state index contributed by atoms with van der Waals surface area (Å²) in [7, 11) is 1.97. The van der Waals surface area contributed by atoms with Gasteiger partial charge in [-0.05, 0) is 55.8 Å². The van der Waals surface area contributed by atoms with Crippen LogP contribution in [0.2, 0.25) is 0 Å². The van der Waals surface area contributed by atoms with Crippen LogP contribution in [-0.2, 0) is 6.54 Å². The third-order valence-corrected chi connectivity index (χ3v) is 4.13. The lowest BCUT2D eigenvalue weighted by Gasteiger charge is -2.32. The Hall–Kier alpha value is -1.02. The molecule has 1 aromatic carbocycles. The molecule has 0 aromatic heterocycles. The van der Waals surface area contributed by atoms with Crippen LogP contribution in [-0.4, -0.2) is 13.2 Å². The van der Waals surface area contributed by atoms with Crippen molar-refractivity contribution in [1.29, 1.82) is 0 Å². The molecule has 0 saturated heterocycles. The topological polar surface area (TPSA) is 21.3 Å². The fourth-order valence-electron chi connectivity index (χ4n) is 2.73. The minimum atomic E-state index is 0.404. The molecule has 1 aromatic rings. The van der Waals surface area contributed by atoms with Crippen molar-refractivity contribution in [2.45, 2.75) is 45.8 Å². The van der Waals surface area contributed by atoms with Crippen LogP contribution in [0.1, 0.15) is 38.7 Å². The van der Waals surface area contributed by atoms with Crippen molar-refractivity contribution in [3.8, 4) is 5.75 Å². The molecule has 3 unspecified atom stereocenters. The SMILES string of the molecule is CNCc1cccc(OC2CCC(C)C(C)C2)c1. The van der Waals surface area contributed by atoms with Crippen molar-refractivity contribution in [3.05, 3.63) is 29.8 Å². The molecular weight excluding hydrogens is 222 g/mol. The van der Waals surface area contributed by atoms with E-state index in [-0.39, 0.29) is 0 Å². The lowest BCUT2D eigenvalue weighted by atomic mass is 9.80. The normalized spacial score (nSPS) is 28.1. The second-order valence-corrected chi connectivity index (χ2v) is 5.69. The highest BCUT2D eigenvalue weighted by atomic mass is 16.5. The van der Waals surface area contributed by atoms with Gasteiger partial charge in [0.25, 0.3) is 0 Å². The maximum absolute atomic E-state index is 6.13. The molecule has 0 amide bonds. The van der Waals surface area contributed by atoms with Crippen molar-refractivity contribution < 1.29 is 4.74 Å². The Labute approximate surface area is 111 Å². The number of benzene rings is 1. The summed E-state index contributed by atoms with van der Waals surface area (Å²) in [5.41, 5.74) is 1.28. The Morgan fingerprint density at radius 2 is 2.06 bits per heavy atom. The minimum absolute atomic E-state index is 0.404. The summed E-state index contributed by atoms with van der Waals surface area (Å²) in [4.78, 5) is 0. The second-order valence-electron chi connectivity index (χ2n) is 5.69. The van der Waals surface area contributed by atoms with Gasteiger partial charge in [-0.2, -0.15) is 0 Å². The first-order valence-electron chi connectivity index (χ1n) is 7.09. The number of ether oxygens (including phenoxy) is 1. The van der Waals surface area contributed by atoms with Crippen LogP contribution >= 0.6 is 0 Å². The smallest absolute Gasteiger partial charge is 0.120 e. The maximum atomic E-state index is 6.13. The molecule has 100 valence electrons. The molecule has 2 heteroatoms. The zero-order valence-electron chi connectivity index (χ0n) is 11.8. The predicted molar refractivity (Wildman–Crippen MR) is 75.8 cm³/mol. The van der Waals surface area contributed by atoms with Crippen LogP contribution in [0.15, 0.2) is 24.3 Å². The molecule has 1 N–H and O–H groups in total. The second kappa shape index (κ2) is 6.24. The third kappa shape index (κ3) is 3.49. The summed E-state index contributed by atoms with van der Waals surface area (Å²) in [5.74, 6) is 2.65. The summed E-state index contributed by atoms with van der Waals surface area (Å²) < 4.78 is 6.13. The maximum Gasteiger partial charge on any atom is 0.120 e. The van der Waals surface area contributed by atoms with Crippen LogP contribution in [0.4, 0.5) is 0 Å². The van der Waals surface area contributed by atoms with E-state index in [1.54, 1.807) is 0 Å². The van der Waals surface area contributed by atoms with Crippen LogP contribution in [0, 0.1) is 11.8 Å². The average Bonchev–Trinajstić information content (AvgIpc) is 2.35. The zero-order chi connectivity index (χ0) is 13.0. The van der Waals surface area contributed by atoms with Gasteiger partial charge in [0.1, 0.15) is 5.75 Å². The van der Waals surface area contributed by atoms with E-state index in [0.29, 0.717) is 6.10 Å². The van der Waals surface area contributed by atoms with Gasteiger partial charge in [0.05, 0.1) is 6.10 Å². The Bertz CT molecular complexity index is 377. The van der Waals surface area contributed by atoms with E-state index in [2.05, 4.69) is 43.4 Å². The van der Waals surface area contributed by atoms with Gasteiger partial charge in [0.2, 0.25) is 0 Å². The monoisotopic (exact) mass is 247 g/mol. The van der Waals surface area contributed by atoms with E-state index in [0.717, 1.165) is 24.1 Å². The minimum Gasteiger partial charge on any atom is -0.490 e. The molecule has 0 radical (unpaired) electrons. The largest absolute Gasteiger partial charge is 0.490 e. The molecule has 3 atom stereocenters. The Morgan fingerprint density at radius 1 is 1.22 bits per heavy atom. The standard InChI is InChI=1S/C16H25NO/c1-12-7-8-16(9-13(12)2)18-15-6-4-5-14(10-15)11-17-3/h4-6,10,12-13,16-17H,7-9,11H2,1-3H3. The van der Waals surface area contributed by atoms with Crippen LogP contribution in [0.3, 0.4) is 0 Å². The van der Waals surface area contributed by atoms with Crippen molar-refractivity contribution in [2.24, 2.45) is 11.8 Å². The Morgan fingerprint density at radius 3 is 2.78 bits per heavy atom. The molecule has 2 rings (SSSR count). The molecule has 0 aliphatic heterocycles. The number of nitrogens with one attached hydrogen (secondary N) is 1. The summed E-state index contributed by atoms with van der Waals surface area (Å²) in [5, 5.41) is 3.17. The van der Waals surface area contributed by atoms with E-state index in [4.69, 9.17) is 4.74 Å². The highest BCUT2D eigenvalue weighted by Crippen LogP contribution is 2.31. The molecule has 0 heterocycles. The van der Waals surface area contributed by atoms with E-state index in [1.807, 2.05) is 7.05 Å². The fraction of sp³-hybridized carbons (Fsp3) is 0.625. The van der Waals surface area contributed by atoms with E-state index in [9.17, 15) is 0 Å². The van der Waals surface area contributed by atoms with Crippen LogP contribution in [0.25, 0.3) is 0 Å². The highest BCUT2D eigenvalue weighted by Gasteiger charge is 2.25. The summed E-state index contributed by atoms with van der Waals surface area (Å²) >= 11 is 0. The van der Waals surface area contributed by atoms with E-state index in [1.165, 1.54) is 24.8 Å². The molecule has 0 spiro atoms. The van der Waals surface area contributed by atoms with Crippen molar-refractivity contribution in [3.63, 3.8) is 0 Å². The van der Waals surface area contributed by atoms with Gasteiger partial charge in [-0.25, -0.2) is 0 Å². The van der Waals surface area contributed by atoms with Crippen molar-refractivity contribution in [2.75, 3.05) is 7.05 Å². The van der Waals surface area contributed by atoms with Crippen LogP contribution < -0.4 is 10.1 Å². The average molecular weight is 247 g/mol. The fourth-order valence-corrected chi connectivity index (χ4v) is 2.73. The van der Waals surface area contributed by atoms with E-state index < -0.39 is 0 Å². The molecule has 18 heavy (non-hydrogen) atoms. The molecular formula is C16H25NO. The third-order valence-electron chi connectivity index (χ3n) is 4.13. The van der Waals surface area contributed by atoms with Gasteiger partial charge in [0.15, 0.2) is 0 Å². The van der Waals surface area contributed by atoms with Gasteiger partial charge in [0, 0.05) is 6.54 Å². The van der Waals surface area contributed by atoms with Gasteiger partial charge < -0.3 is 10.1 Å². The van der Waals surface area contributed by atoms with Gasteiger partial charge in [-0.3, -0.25) is 0 Å². The number of rotatable bonds is 4. The lowest BCUT2D eigenvalue weighted by Crippen LogP contribution is -2.28. The summed E-state index contributed by atoms with van der Waals surface area (Å²) in [6.07, 6.45) is 4.09. The quantitative estimate of drug-likeness (QED) is 0.877. The first-order valence-corrected chi connectivity index (χ1v) is 7.09. The molecule has 1 aliphatic carbocycles. The number of hydrogen-bond donors (Lipinski definition) is 1. The molecule has 1 saturated carbocycles.